The summed E-state index contributed by atoms with van der Waals surface area (Å²) in [7, 11) is 0. The average Bonchev–Trinajstić information content (AvgIpc) is 2.33. The van der Waals surface area contributed by atoms with Crippen LogP contribution in [0, 0.1) is 5.41 Å². The van der Waals surface area contributed by atoms with E-state index in [-0.39, 0.29) is 0 Å². The Balaban J connectivity index is 1.94. The zero-order valence-corrected chi connectivity index (χ0v) is 11.8. The van der Waals surface area contributed by atoms with Crippen molar-refractivity contribution < 1.29 is 0 Å². The first kappa shape index (κ1) is 13.3. The molecule has 0 amide bonds. The summed E-state index contributed by atoms with van der Waals surface area (Å²) in [6, 6.07) is 0.974. The van der Waals surface area contributed by atoms with Crippen LogP contribution < -0.4 is 5.73 Å². The average molecular weight is 239 g/mol. The van der Waals surface area contributed by atoms with Gasteiger partial charge in [0.2, 0.25) is 0 Å². The zero-order chi connectivity index (χ0) is 12.5. The largest absolute Gasteiger partial charge is 0.326 e. The van der Waals surface area contributed by atoms with E-state index in [0.717, 1.165) is 0 Å². The fraction of sp³-hybridized carbons (Fsp3) is 1.00. The smallest absolute Gasteiger partial charge is 0.0253 e. The topological polar surface area (TPSA) is 32.5 Å². The molecule has 0 aromatic heterocycles. The van der Waals surface area contributed by atoms with Gasteiger partial charge in [-0.15, -0.1) is 0 Å². The monoisotopic (exact) mass is 239 g/mol. The van der Waals surface area contributed by atoms with Crippen LogP contribution in [0.3, 0.4) is 0 Å². The summed E-state index contributed by atoms with van der Waals surface area (Å²) in [5, 5.41) is 0. The molecule has 2 N–H and O–H groups in total. The van der Waals surface area contributed by atoms with E-state index < -0.39 is 0 Å². The van der Waals surface area contributed by atoms with Crippen molar-refractivity contribution in [3.8, 4) is 0 Å². The van der Waals surface area contributed by atoms with Crippen molar-refractivity contribution >= 4 is 0 Å². The Kier molecular flexibility index (Phi) is 4.11. The quantitative estimate of drug-likeness (QED) is 0.793. The van der Waals surface area contributed by atoms with E-state index in [1.165, 1.54) is 52.0 Å². The predicted molar refractivity (Wildman–Crippen MR) is 73.1 cm³/mol. The van der Waals surface area contributed by atoms with E-state index in [2.05, 4.69) is 30.6 Å². The molecule has 2 rings (SSSR count). The first-order valence-electron chi connectivity index (χ1n) is 7.26. The second-order valence-electron chi connectivity index (χ2n) is 6.44. The lowest BCUT2D eigenvalue weighted by Gasteiger charge is -2.48. The number of nitrogens with zero attached hydrogens (tertiary/aromatic N) is 2. The number of likely N-dealkylation sites (N-methyl/N-ethyl adjacent to an activating group) is 1. The van der Waals surface area contributed by atoms with Crippen molar-refractivity contribution in [1.29, 1.82) is 0 Å². The lowest BCUT2D eigenvalue weighted by Crippen LogP contribution is -2.60. The fourth-order valence-corrected chi connectivity index (χ4v) is 3.45. The van der Waals surface area contributed by atoms with Crippen LogP contribution >= 0.6 is 0 Å². The fourth-order valence-electron chi connectivity index (χ4n) is 3.45. The van der Waals surface area contributed by atoms with Crippen LogP contribution in [0.4, 0.5) is 0 Å². The lowest BCUT2D eigenvalue weighted by molar-refractivity contribution is 0.0331. The molecule has 1 aliphatic carbocycles. The Labute approximate surface area is 106 Å². The van der Waals surface area contributed by atoms with Crippen LogP contribution in [0.15, 0.2) is 0 Å². The van der Waals surface area contributed by atoms with E-state index >= 15 is 0 Å². The molecule has 0 aromatic rings. The molecule has 3 heteroatoms. The molecule has 3 nitrogen and oxygen atoms in total. The summed E-state index contributed by atoms with van der Waals surface area (Å²) >= 11 is 0. The maximum atomic E-state index is 6.50. The van der Waals surface area contributed by atoms with Crippen LogP contribution in [0.25, 0.3) is 0 Å². The van der Waals surface area contributed by atoms with Gasteiger partial charge in [0.05, 0.1) is 0 Å². The summed E-state index contributed by atoms with van der Waals surface area (Å²) in [6.07, 6.45) is 3.94. The first-order valence-corrected chi connectivity index (χ1v) is 7.26. The van der Waals surface area contributed by atoms with Gasteiger partial charge in [0, 0.05) is 38.3 Å². The number of piperazine rings is 1. The molecule has 0 bridgehead atoms. The highest BCUT2D eigenvalue weighted by Gasteiger charge is 2.39. The van der Waals surface area contributed by atoms with Gasteiger partial charge >= 0.3 is 0 Å². The number of hydrogen-bond donors (Lipinski definition) is 1. The Morgan fingerprint density at radius 2 is 1.82 bits per heavy atom. The third kappa shape index (κ3) is 2.83. The maximum Gasteiger partial charge on any atom is 0.0253 e. The summed E-state index contributed by atoms with van der Waals surface area (Å²) in [6.45, 7) is 13.0. The molecule has 2 aliphatic rings. The Morgan fingerprint density at radius 1 is 1.18 bits per heavy atom. The molecule has 1 heterocycles. The number of rotatable bonds is 2. The van der Waals surface area contributed by atoms with Crippen LogP contribution in [0.1, 0.15) is 40.0 Å². The Morgan fingerprint density at radius 3 is 2.41 bits per heavy atom. The van der Waals surface area contributed by atoms with Gasteiger partial charge in [0.1, 0.15) is 0 Å². The SMILES string of the molecule is CCN1CCN(C2CCCC(C)(C)C2N)CC1. The highest BCUT2D eigenvalue weighted by molar-refractivity contribution is 4.97. The second-order valence-corrected chi connectivity index (χ2v) is 6.44. The number of hydrogen-bond acceptors (Lipinski definition) is 3. The van der Waals surface area contributed by atoms with Crippen LogP contribution in [0.2, 0.25) is 0 Å². The predicted octanol–water partition coefficient (Wildman–Crippen LogP) is 1.53. The third-order valence-electron chi connectivity index (χ3n) is 4.96. The summed E-state index contributed by atoms with van der Waals surface area (Å²) in [5.41, 5.74) is 6.82. The minimum Gasteiger partial charge on any atom is -0.326 e. The molecule has 1 saturated carbocycles. The van der Waals surface area contributed by atoms with Gasteiger partial charge < -0.3 is 10.6 Å². The molecular formula is C14H29N3. The van der Waals surface area contributed by atoms with Gasteiger partial charge in [-0.2, -0.15) is 0 Å². The normalized spacial score (nSPS) is 36.0. The van der Waals surface area contributed by atoms with Gasteiger partial charge in [-0.05, 0) is 24.8 Å². The molecular weight excluding hydrogens is 210 g/mol. The first-order chi connectivity index (χ1) is 8.04. The van der Waals surface area contributed by atoms with Crippen molar-refractivity contribution in [2.75, 3.05) is 32.7 Å². The number of nitrogens with two attached hydrogens (primary N) is 1. The zero-order valence-electron chi connectivity index (χ0n) is 11.8. The molecule has 1 saturated heterocycles. The van der Waals surface area contributed by atoms with Crippen LogP contribution in [-0.2, 0) is 0 Å². The highest BCUT2D eigenvalue weighted by atomic mass is 15.3. The minimum atomic E-state index is 0.324. The van der Waals surface area contributed by atoms with Crippen molar-refractivity contribution in [1.82, 2.24) is 9.80 Å². The summed E-state index contributed by atoms with van der Waals surface area (Å²) < 4.78 is 0. The minimum absolute atomic E-state index is 0.324. The van der Waals surface area contributed by atoms with Crippen molar-refractivity contribution in [3.63, 3.8) is 0 Å². The molecule has 0 aromatic carbocycles. The molecule has 0 spiro atoms. The van der Waals surface area contributed by atoms with Gasteiger partial charge in [0.25, 0.3) is 0 Å². The van der Waals surface area contributed by atoms with E-state index in [9.17, 15) is 0 Å². The third-order valence-corrected chi connectivity index (χ3v) is 4.96. The summed E-state index contributed by atoms with van der Waals surface area (Å²) in [4.78, 5) is 5.19. The van der Waals surface area contributed by atoms with Gasteiger partial charge in [-0.3, -0.25) is 4.90 Å². The highest BCUT2D eigenvalue weighted by Crippen LogP contribution is 2.36. The van der Waals surface area contributed by atoms with Crippen molar-refractivity contribution in [2.45, 2.75) is 52.1 Å². The molecule has 2 fully saturated rings. The Hall–Kier alpha value is -0.120. The van der Waals surface area contributed by atoms with Crippen LogP contribution in [-0.4, -0.2) is 54.6 Å². The van der Waals surface area contributed by atoms with Crippen molar-refractivity contribution in [2.24, 2.45) is 11.1 Å². The molecule has 1 aliphatic heterocycles. The Bertz CT molecular complexity index is 244. The lowest BCUT2D eigenvalue weighted by atomic mass is 9.70. The van der Waals surface area contributed by atoms with E-state index in [4.69, 9.17) is 5.73 Å². The van der Waals surface area contributed by atoms with Crippen LogP contribution in [0.5, 0.6) is 0 Å². The van der Waals surface area contributed by atoms with E-state index in [0.29, 0.717) is 17.5 Å². The molecule has 2 unspecified atom stereocenters. The molecule has 0 radical (unpaired) electrons. The van der Waals surface area contributed by atoms with Gasteiger partial charge in [0.15, 0.2) is 0 Å². The van der Waals surface area contributed by atoms with Gasteiger partial charge in [-0.25, -0.2) is 0 Å². The molecule has 2 atom stereocenters. The van der Waals surface area contributed by atoms with E-state index in [1.54, 1.807) is 0 Å². The summed E-state index contributed by atoms with van der Waals surface area (Å²) in [5.74, 6) is 0. The standard InChI is InChI=1S/C14H29N3/c1-4-16-8-10-17(11-9-16)12-6-5-7-14(2,3)13(12)15/h12-13H,4-11,15H2,1-3H3. The van der Waals surface area contributed by atoms with Gasteiger partial charge in [-0.1, -0.05) is 27.2 Å². The van der Waals surface area contributed by atoms with Crippen molar-refractivity contribution in [3.05, 3.63) is 0 Å². The maximum absolute atomic E-state index is 6.50. The molecule has 17 heavy (non-hydrogen) atoms. The molecule has 100 valence electrons. The van der Waals surface area contributed by atoms with E-state index in [1.807, 2.05) is 0 Å². The second kappa shape index (κ2) is 5.25.